The number of allylic oxidation sites excluding steroid dienone is 1. The van der Waals surface area contributed by atoms with Gasteiger partial charge in [-0.3, -0.25) is 4.79 Å². The van der Waals surface area contributed by atoms with Crippen LogP contribution in [0.5, 0.6) is 0 Å². The maximum absolute atomic E-state index is 11.5. The van der Waals surface area contributed by atoms with Crippen LogP contribution in [0.2, 0.25) is 0 Å². The first-order valence-corrected chi connectivity index (χ1v) is 5.53. The Morgan fingerprint density at radius 1 is 1.31 bits per heavy atom. The van der Waals surface area contributed by atoms with Gasteiger partial charge in [-0.1, -0.05) is 36.9 Å². The van der Waals surface area contributed by atoms with Crippen LogP contribution in [-0.4, -0.2) is 5.78 Å². The van der Waals surface area contributed by atoms with Crippen LogP contribution in [0, 0.1) is 5.92 Å². The molecule has 1 unspecified atom stereocenters. The molecule has 0 saturated carbocycles. The number of carbonyl (C=O) groups excluding carboxylic acids is 1. The van der Waals surface area contributed by atoms with Gasteiger partial charge in [0, 0.05) is 5.92 Å². The van der Waals surface area contributed by atoms with E-state index in [2.05, 4.69) is 24.4 Å². The summed E-state index contributed by atoms with van der Waals surface area (Å²) in [7, 11) is 0. The molecule has 0 N–H and O–H groups in total. The Morgan fingerprint density at radius 2 is 1.94 bits per heavy atom. The van der Waals surface area contributed by atoms with Gasteiger partial charge in [-0.2, -0.15) is 0 Å². The van der Waals surface area contributed by atoms with Crippen molar-refractivity contribution < 1.29 is 4.79 Å². The molecule has 0 aliphatic carbocycles. The molecule has 1 nitrogen and oxygen atoms in total. The normalized spacial score (nSPS) is 11.6. The van der Waals surface area contributed by atoms with E-state index in [4.69, 9.17) is 0 Å². The first-order chi connectivity index (χ1) is 7.63. The highest BCUT2D eigenvalue weighted by molar-refractivity contribution is 5.78. The minimum Gasteiger partial charge on any atom is -0.300 e. The fraction of sp³-hybridized carbons (Fsp3) is 0.333. The van der Waals surface area contributed by atoms with Crippen LogP contribution in [-0.2, 0) is 11.2 Å². The topological polar surface area (TPSA) is 17.1 Å². The zero-order valence-electron chi connectivity index (χ0n) is 9.99. The van der Waals surface area contributed by atoms with E-state index in [9.17, 15) is 4.79 Å². The molecule has 1 rings (SSSR count). The molecule has 1 atom stereocenters. The third-order valence-corrected chi connectivity index (χ3v) is 2.75. The largest absolute Gasteiger partial charge is 0.300 e. The van der Waals surface area contributed by atoms with E-state index in [1.165, 1.54) is 5.56 Å². The summed E-state index contributed by atoms with van der Waals surface area (Å²) in [6.07, 6.45) is 1.56. The average Bonchev–Trinajstić information content (AvgIpc) is 2.29. The number of hydrogen-bond donors (Lipinski definition) is 0. The lowest BCUT2D eigenvalue weighted by atomic mass is 9.90. The van der Waals surface area contributed by atoms with E-state index in [0.717, 1.165) is 18.4 Å². The molecule has 0 aliphatic rings. The molecule has 0 aliphatic heterocycles. The van der Waals surface area contributed by atoms with Crippen molar-refractivity contribution >= 4 is 5.78 Å². The zero-order chi connectivity index (χ0) is 12.0. The number of rotatable bonds is 5. The first kappa shape index (κ1) is 12.5. The molecule has 0 radical (unpaired) electrons. The van der Waals surface area contributed by atoms with E-state index in [1.807, 2.05) is 25.1 Å². The van der Waals surface area contributed by atoms with Crippen LogP contribution in [0.4, 0.5) is 0 Å². The molecule has 1 aromatic rings. The quantitative estimate of drug-likeness (QED) is 0.685. The number of benzene rings is 1. The molecular weight excluding hydrogens is 196 g/mol. The number of Topliss-reactive ketones (excluding diaryl/α,β-unsaturated/α-hetero) is 1. The van der Waals surface area contributed by atoms with Gasteiger partial charge in [-0.15, -0.1) is 5.73 Å². The molecule has 0 spiro atoms. The second-order valence-corrected chi connectivity index (χ2v) is 4.16. The molecule has 16 heavy (non-hydrogen) atoms. The molecule has 1 aromatic carbocycles. The predicted octanol–water partition coefficient (Wildman–Crippen LogP) is 3.56. The van der Waals surface area contributed by atoms with Crippen molar-refractivity contribution in [2.24, 2.45) is 5.92 Å². The lowest BCUT2D eigenvalue weighted by molar-refractivity contribution is -0.120. The van der Waals surface area contributed by atoms with Crippen molar-refractivity contribution in [2.75, 3.05) is 0 Å². The lowest BCUT2D eigenvalue weighted by Crippen LogP contribution is -2.14. The summed E-state index contributed by atoms with van der Waals surface area (Å²) < 4.78 is 0. The van der Waals surface area contributed by atoms with Crippen molar-refractivity contribution in [3.05, 3.63) is 53.8 Å². The van der Waals surface area contributed by atoms with E-state index in [0.29, 0.717) is 0 Å². The van der Waals surface area contributed by atoms with Crippen molar-refractivity contribution in [3.63, 3.8) is 0 Å². The van der Waals surface area contributed by atoms with Crippen LogP contribution in [0.25, 0.3) is 0 Å². The third-order valence-electron chi connectivity index (χ3n) is 2.75. The summed E-state index contributed by atoms with van der Waals surface area (Å²) in [4.78, 5) is 11.5. The number of carbonyl (C=O) groups is 1. The average molecular weight is 214 g/mol. The summed E-state index contributed by atoms with van der Waals surface area (Å²) in [6, 6.07) is 10.1. The van der Waals surface area contributed by atoms with Gasteiger partial charge in [-0.05, 0) is 37.8 Å². The molecule has 0 amide bonds. The van der Waals surface area contributed by atoms with Crippen molar-refractivity contribution in [3.8, 4) is 0 Å². The van der Waals surface area contributed by atoms with Crippen molar-refractivity contribution in [2.45, 2.75) is 26.7 Å². The molecule has 0 aromatic heterocycles. The zero-order valence-corrected chi connectivity index (χ0v) is 9.99. The highest BCUT2D eigenvalue weighted by atomic mass is 16.1. The minimum absolute atomic E-state index is 0.0525. The second-order valence-electron chi connectivity index (χ2n) is 4.16. The maximum Gasteiger partial charge on any atom is 0.133 e. The Bertz CT molecular complexity index is 397. The molecule has 84 valence electrons. The van der Waals surface area contributed by atoms with E-state index in [-0.39, 0.29) is 11.7 Å². The van der Waals surface area contributed by atoms with Gasteiger partial charge in [0.1, 0.15) is 5.78 Å². The maximum atomic E-state index is 11.5. The van der Waals surface area contributed by atoms with E-state index in [1.54, 1.807) is 6.92 Å². The Balaban J connectivity index is 2.73. The number of hydrogen-bond acceptors (Lipinski definition) is 1. The molecule has 0 heterocycles. The lowest BCUT2D eigenvalue weighted by Gasteiger charge is -2.13. The Morgan fingerprint density at radius 3 is 2.44 bits per heavy atom. The molecule has 0 bridgehead atoms. The van der Waals surface area contributed by atoms with Gasteiger partial charge in [0.2, 0.25) is 0 Å². The van der Waals surface area contributed by atoms with Crippen LogP contribution < -0.4 is 0 Å². The fourth-order valence-corrected chi connectivity index (χ4v) is 1.70. The summed E-state index contributed by atoms with van der Waals surface area (Å²) in [5.74, 6) is 0.287. The van der Waals surface area contributed by atoms with Crippen LogP contribution in [0.15, 0.2) is 48.2 Å². The molecule has 1 heteroatoms. The minimum atomic E-state index is 0.0525. The van der Waals surface area contributed by atoms with Crippen molar-refractivity contribution in [1.29, 1.82) is 0 Å². The highest BCUT2D eigenvalue weighted by Gasteiger charge is 2.15. The van der Waals surface area contributed by atoms with Gasteiger partial charge in [0.05, 0.1) is 0 Å². The second kappa shape index (κ2) is 6.09. The summed E-state index contributed by atoms with van der Waals surface area (Å²) >= 11 is 0. The van der Waals surface area contributed by atoms with Gasteiger partial charge in [0.15, 0.2) is 0 Å². The van der Waals surface area contributed by atoms with Gasteiger partial charge in [-0.25, -0.2) is 0 Å². The third kappa shape index (κ3) is 3.88. The predicted molar refractivity (Wildman–Crippen MR) is 67.3 cm³/mol. The highest BCUT2D eigenvalue weighted by Crippen LogP contribution is 2.17. The van der Waals surface area contributed by atoms with Gasteiger partial charge >= 0.3 is 0 Å². The van der Waals surface area contributed by atoms with Crippen LogP contribution >= 0.6 is 0 Å². The van der Waals surface area contributed by atoms with E-state index >= 15 is 0 Å². The first-order valence-electron chi connectivity index (χ1n) is 5.53. The van der Waals surface area contributed by atoms with Crippen LogP contribution in [0.1, 0.15) is 25.8 Å². The summed E-state index contributed by atoms with van der Waals surface area (Å²) in [6.45, 7) is 7.23. The smallest absolute Gasteiger partial charge is 0.133 e. The van der Waals surface area contributed by atoms with Crippen LogP contribution in [0.3, 0.4) is 0 Å². The van der Waals surface area contributed by atoms with Crippen molar-refractivity contribution in [1.82, 2.24) is 0 Å². The molecule has 0 saturated heterocycles. The standard InChI is InChI=1S/C15H18O/c1-4-12(2)10-15(13(3)16)11-14-8-6-5-7-9-14/h5-9,15H,1,10-11H2,2-3H3. The SMILES string of the molecule is C=C=C(C)CC(Cc1ccccc1)C(C)=O. The summed E-state index contributed by atoms with van der Waals surface area (Å²) in [5, 5.41) is 0. The van der Waals surface area contributed by atoms with E-state index < -0.39 is 0 Å². The molecule has 0 fully saturated rings. The van der Waals surface area contributed by atoms with Gasteiger partial charge in [0.25, 0.3) is 0 Å². The monoisotopic (exact) mass is 214 g/mol. The molecular formula is C15H18O. The summed E-state index contributed by atoms with van der Waals surface area (Å²) in [5.41, 5.74) is 5.11. The number of ketones is 1. The fourth-order valence-electron chi connectivity index (χ4n) is 1.70. The Kier molecular flexibility index (Phi) is 4.75. The Labute approximate surface area is 97.5 Å². The Hall–Kier alpha value is -1.59. The van der Waals surface area contributed by atoms with Gasteiger partial charge < -0.3 is 0 Å².